The van der Waals surface area contributed by atoms with Crippen molar-refractivity contribution in [2.45, 2.75) is 13.5 Å². The van der Waals surface area contributed by atoms with Crippen LogP contribution in [0, 0.1) is 28.4 Å². The molecule has 29 heavy (non-hydrogen) atoms. The fourth-order valence-corrected chi connectivity index (χ4v) is 3.09. The summed E-state index contributed by atoms with van der Waals surface area (Å²) in [5.74, 6) is 0.617. The molecule has 0 aliphatic rings. The van der Waals surface area contributed by atoms with E-state index in [-0.39, 0.29) is 12.3 Å². The number of nitriles is 1. The van der Waals surface area contributed by atoms with Gasteiger partial charge in [0.25, 0.3) is 5.69 Å². The fourth-order valence-electron chi connectivity index (χ4n) is 2.71. The van der Waals surface area contributed by atoms with Crippen LogP contribution in [0.3, 0.4) is 0 Å². The summed E-state index contributed by atoms with van der Waals surface area (Å²) < 4.78 is 6.80. The number of nitrogens with zero attached hydrogens (tertiary/aromatic N) is 2. The fraction of sp³-hybridized carbons (Fsp3) is 0.0870. The minimum Gasteiger partial charge on any atom is -0.488 e. The Kier molecular flexibility index (Phi) is 6.43. The van der Waals surface area contributed by atoms with Gasteiger partial charge in [0.1, 0.15) is 12.4 Å². The first kappa shape index (κ1) is 20.3. The number of aryl methyl sites for hydroxylation is 1. The third-order valence-electron chi connectivity index (χ3n) is 4.30. The summed E-state index contributed by atoms with van der Waals surface area (Å²) in [5, 5.41) is 20.4. The Bertz CT molecular complexity index is 1100. The van der Waals surface area contributed by atoms with Gasteiger partial charge in [-0.1, -0.05) is 45.8 Å². The summed E-state index contributed by atoms with van der Waals surface area (Å²) in [6, 6.07) is 21.8. The third kappa shape index (κ3) is 5.31. The number of ether oxygens (including phenoxy) is 1. The summed E-state index contributed by atoms with van der Waals surface area (Å²) in [6.07, 6.45) is 1.79. The Labute approximate surface area is 177 Å². The average molecular weight is 449 g/mol. The first-order valence-electron chi connectivity index (χ1n) is 8.81. The highest BCUT2D eigenvalue weighted by Crippen LogP contribution is 2.29. The lowest BCUT2D eigenvalue weighted by Crippen LogP contribution is -1.98. The largest absolute Gasteiger partial charge is 0.488 e. The minimum atomic E-state index is -0.434. The molecule has 0 aromatic heterocycles. The van der Waals surface area contributed by atoms with Gasteiger partial charge >= 0.3 is 0 Å². The monoisotopic (exact) mass is 448 g/mol. The summed E-state index contributed by atoms with van der Waals surface area (Å²) in [6.45, 7) is 2.25. The molecule has 0 aliphatic heterocycles. The topological polar surface area (TPSA) is 76.2 Å². The number of halogens is 1. The standard InChI is InChI=1S/C23H17BrN2O3/c1-16-2-6-18(7-3-16)20(14-25)12-19-13-21(24)8-11-23(19)29-15-17-4-9-22(10-5-17)26(27)28/h2-13H,15H2,1H3/b20-12+. The number of hydrogen-bond acceptors (Lipinski definition) is 4. The van der Waals surface area contributed by atoms with E-state index < -0.39 is 4.92 Å². The van der Waals surface area contributed by atoms with Crippen molar-refractivity contribution < 1.29 is 9.66 Å². The molecule has 0 spiro atoms. The molecule has 0 heterocycles. The average Bonchev–Trinajstić information content (AvgIpc) is 2.72. The van der Waals surface area contributed by atoms with Crippen LogP contribution in [0.2, 0.25) is 0 Å². The van der Waals surface area contributed by atoms with Gasteiger partial charge in [-0.05, 0) is 54.5 Å². The summed E-state index contributed by atoms with van der Waals surface area (Å²) in [5.41, 5.74) is 4.10. The van der Waals surface area contributed by atoms with Crippen molar-refractivity contribution in [3.05, 3.63) is 104 Å². The van der Waals surface area contributed by atoms with Gasteiger partial charge in [-0.2, -0.15) is 5.26 Å². The molecule has 0 fully saturated rings. The summed E-state index contributed by atoms with van der Waals surface area (Å²) in [4.78, 5) is 10.3. The molecule has 3 aromatic rings. The molecule has 3 rings (SSSR count). The highest BCUT2D eigenvalue weighted by molar-refractivity contribution is 9.10. The van der Waals surface area contributed by atoms with Crippen molar-refractivity contribution in [1.29, 1.82) is 5.26 Å². The second kappa shape index (κ2) is 9.18. The second-order valence-electron chi connectivity index (χ2n) is 6.43. The van der Waals surface area contributed by atoms with Crippen molar-refractivity contribution >= 4 is 33.3 Å². The zero-order valence-electron chi connectivity index (χ0n) is 15.6. The molecule has 0 unspecified atom stereocenters. The summed E-state index contributed by atoms with van der Waals surface area (Å²) >= 11 is 3.46. The van der Waals surface area contributed by atoms with Crippen molar-refractivity contribution in [1.82, 2.24) is 0 Å². The Hall–Kier alpha value is -3.43. The van der Waals surface area contributed by atoms with E-state index >= 15 is 0 Å². The first-order chi connectivity index (χ1) is 14.0. The van der Waals surface area contributed by atoms with Gasteiger partial charge in [0.05, 0.1) is 16.6 Å². The van der Waals surface area contributed by atoms with Crippen molar-refractivity contribution in [2.24, 2.45) is 0 Å². The van der Waals surface area contributed by atoms with E-state index in [0.29, 0.717) is 11.3 Å². The van der Waals surface area contributed by atoms with E-state index in [4.69, 9.17) is 4.74 Å². The first-order valence-corrected chi connectivity index (χ1v) is 9.60. The molecule has 0 aliphatic carbocycles. The number of benzene rings is 3. The van der Waals surface area contributed by atoms with Crippen LogP contribution < -0.4 is 4.74 Å². The predicted molar refractivity (Wildman–Crippen MR) is 116 cm³/mol. The molecule has 0 atom stereocenters. The molecule has 6 heteroatoms. The van der Waals surface area contributed by atoms with Gasteiger partial charge in [0.2, 0.25) is 0 Å². The van der Waals surface area contributed by atoms with Crippen LogP contribution in [0.1, 0.15) is 22.3 Å². The van der Waals surface area contributed by atoms with Gasteiger partial charge in [0, 0.05) is 22.2 Å². The summed E-state index contributed by atoms with van der Waals surface area (Å²) in [7, 11) is 0. The lowest BCUT2D eigenvalue weighted by atomic mass is 10.0. The molecule has 0 amide bonds. The molecule has 0 radical (unpaired) electrons. The molecule has 144 valence electrons. The number of allylic oxidation sites excluding steroid dienone is 1. The van der Waals surface area contributed by atoms with E-state index in [1.807, 2.05) is 49.4 Å². The lowest BCUT2D eigenvalue weighted by Gasteiger charge is -2.11. The molecule has 0 bridgehead atoms. The Morgan fingerprint density at radius 1 is 1.14 bits per heavy atom. The van der Waals surface area contributed by atoms with Crippen LogP contribution >= 0.6 is 15.9 Å². The van der Waals surface area contributed by atoms with Gasteiger partial charge < -0.3 is 4.74 Å². The minimum absolute atomic E-state index is 0.0396. The van der Waals surface area contributed by atoms with Crippen LogP contribution in [-0.4, -0.2) is 4.92 Å². The quantitative estimate of drug-likeness (QED) is 0.191. The Balaban J connectivity index is 1.86. The normalized spacial score (nSPS) is 11.0. The number of hydrogen-bond donors (Lipinski definition) is 0. The van der Waals surface area contributed by atoms with Crippen LogP contribution in [0.15, 0.2) is 71.2 Å². The zero-order chi connectivity index (χ0) is 20.8. The lowest BCUT2D eigenvalue weighted by molar-refractivity contribution is -0.384. The van der Waals surface area contributed by atoms with E-state index in [1.165, 1.54) is 12.1 Å². The van der Waals surface area contributed by atoms with Crippen molar-refractivity contribution in [3.8, 4) is 11.8 Å². The molecule has 0 N–H and O–H groups in total. The van der Waals surface area contributed by atoms with E-state index in [2.05, 4.69) is 22.0 Å². The number of non-ortho nitro benzene ring substituents is 1. The van der Waals surface area contributed by atoms with Gasteiger partial charge in [0.15, 0.2) is 0 Å². The molecule has 3 aromatic carbocycles. The SMILES string of the molecule is Cc1ccc(/C(C#N)=C/c2cc(Br)ccc2OCc2ccc([N+](=O)[O-])cc2)cc1. The van der Waals surface area contributed by atoms with Crippen LogP contribution in [0.25, 0.3) is 11.6 Å². The van der Waals surface area contributed by atoms with E-state index in [0.717, 1.165) is 26.7 Å². The molecule has 0 saturated carbocycles. The molecule has 5 nitrogen and oxygen atoms in total. The number of rotatable bonds is 6. The smallest absolute Gasteiger partial charge is 0.269 e. The Morgan fingerprint density at radius 3 is 2.45 bits per heavy atom. The predicted octanol–water partition coefficient (Wildman–Crippen LogP) is 6.31. The van der Waals surface area contributed by atoms with Crippen molar-refractivity contribution in [2.75, 3.05) is 0 Å². The second-order valence-corrected chi connectivity index (χ2v) is 7.35. The third-order valence-corrected chi connectivity index (χ3v) is 4.79. The van der Waals surface area contributed by atoms with Gasteiger partial charge in [-0.25, -0.2) is 0 Å². The van der Waals surface area contributed by atoms with Crippen molar-refractivity contribution in [3.63, 3.8) is 0 Å². The van der Waals surface area contributed by atoms with Crippen LogP contribution in [0.4, 0.5) is 5.69 Å². The molecular formula is C23H17BrN2O3. The maximum atomic E-state index is 10.8. The highest BCUT2D eigenvalue weighted by atomic mass is 79.9. The van der Waals surface area contributed by atoms with E-state index in [1.54, 1.807) is 18.2 Å². The van der Waals surface area contributed by atoms with Gasteiger partial charge in [-0.15, -0.1) is 0 Å². The van der Waals surface area contributed by atoms with E-state index in [9.17, 15) is 15.4 Å². The van der Waals surface area contributed by atoms with Gasteiger partial charge in [-0.3, -0.25) is 10.1 Å². The molecule has 0 saturated heterocycles. The molecular weight excluding hydrogens is 432 g/mol. The maximum Gasteiger partial charge on any atom is 0.269 e. The van der Waals surface area contributed by atoms with Crippen LogP contribution in [-0.2, 0) is 6.61 Å². The van der Waals surface area contributed by atoms with Crippen LogP contribution in [0.5, 0.6) is 5.75 Å². The number of nitro benzene ring substituents is 1. The highest BCUT2D eigenvalue weighted by Gasteiger charge is 2.08. The zero-order valence-corrected chi connectivity index (χ0v) is 17.2. The maximum absolute atomic E-state index is 10.8. The Morgan fingerprint density at radius 2 is 1.83 bits per heavy atom. The number of nitro groups is 1.